The molecule has 0 radical (unpaired) electrons. The molecule has 0 unspecified atom stereocenters. The van der Waals surface area contributed by atoms with Crippen LogP contribution in [0.1, 0.15) is 11.1 Å². The summed E-state index contributed by atoms with van der Waals surface area (Å²) in [6.07, 6.45) is 0. The molecule has 0 aliphatic heterocycles. The average Bonchev–Trinajstić information content (AvgIpc) is 2.77. The smallest absolute Gasteiger partial charge is 0.264 e. The van der Waals surface area contributed by atoms with Crippen LogP contribution >= 0.6 is 0 Å². The Bertz CT molecular complexity index is 1180. The molecule has 0 saturated heterocycles. The van der Waals surface area contributed by atoms with Crippen LogP contribution in [0.5, 0.6) is 5.75 Å². The van der Waals surface area contributed by atoms with E-state index in [9.17, 15) is 18.3 Å². The first-order valence-corrected chi connectivity index (χ1v) is 10.9. The molecule has 3 aromatic carbocycles. The summed E-state index contributed by atoms with van der Waals surface area (Å²) < 4.78 is 27.5. The van der Waals surface area contributed by atoms with Crippen molar-refractivity contribution < 1.29 is 18.3 Å². The second-order valence-electron chi connectivity index (χ2n) is 6.83. The predicted molar refractivity (Wildman–Crippen MR) is 121 cm³/mol. The summed E-state index contributed by atoms with van der Waals surface area (Å²) in [7, 11) is -3.98. The van der Waals surface area contributed by atoms with Crippen molar-refractivity contribution in [1.82, 2.24) is 10.9 Å². The second-order valence-corrected chi connectivity index (χ2v) is 8.69. The molecule has 1 amide bonds. The number of nitrogens with one attached hydrogen (secondary N) is 2. The molecule has 0 atom stereocenters. The number of carbonyl (C=O) groups excluding carboxylic acids is 1. The van der Waals surface area contributed by atoms with Crippen LogP contribution in [-0.2, 0) is 14.8 Å². The number of phenolic OH excluding ortho intramolecular Hbond substituents is 1. The molecular weight excluding hydrogens is 414 g/mol. The van der Waals surface area contributed by atoms with Gasteiger partial charge in [0.05, 0.1) is 16.3 Å². The van der Waals surface area contributed by atoms with Crippen molar-refractivity contribution in [3.05, 3.63) is 96.6 Å². The minimum atomic E-state index is -3.98. The fourth-order valence-corrected chi connectivity index (χ4v) is 4.30. The van der Waals surface area contributed by atoms with Crippen LogP contribution in [0.4, 0.5) is 5.69 Å². The minimum Gasteiger partial charge on any atom is -0.507 e. The highest BCUT2D eigenvalue weighted by Crippen LogP contribution is 2.24. The fourth-order valence-electron chi connectivity index (χ4n) is 2.86. The molecule has 7 nitrogen and oxygen atoms in total. The minimum absolute atomic E-state index is 0.00202. The first-order chi connectivity index (χ1) is 14.8. The summed E-state index contributed by atoms with van der Waals surface area (Å²) in [5, 5.41) is 9.89. The first-order valence-electron chi connectivity index (χ1n) is 9.45. The van der Waals surface area contributed by atoms with Gasteiger partial charge in [0.1, 0.15) is 12.3 Å². The Balaban J connectivity index is 1.80. The number of nitrogens with zero attached hydrogens (tertiary/aromatic N) is 1. The summed E-state index contributed by atoms with van der Waals surface area (Å²) >= 11 is 0. The highest BCUT2D eigenvalue weighted by Gasteiger charge is 2.27. The van der Waals surface area contributed by atoms with E-state index in [0.29, 0.717) is 11.3 Å². The van der Waals surface area contributed by atoms with E-state index in [1.165, 1.54) is 18.2 Å². The van der Waals surface area contributed by atoms with Gasteiger partial charge in [0, 0.05) is 5.56 Å². The number of benzene rings is 3. The lowest BCUT2D eigenvalue weighted by atomic mass is 10.1. The third-order valence-electron chi connectivity index (χ3n) is 4.52. The van der Waals surface area contributed by atoms with Gasteiger partial charge in [-0.1, -0.05) is 54.6 Å². The number of sulfonamides is 1. The van der Waals surface area contributed by atoms with E-state index >= 15 is 0 Å². The van der Waals surface area contributed by atoms with Gasteiger partial charge in [-0.05, 0) is 43.3 Å². The van der Waals surface area contributed by atoms with Crippen molar-refractivity contribution in [3.8, 4) is 5.75 Å². The molecule has 0 aliphatic carbocycles. The first kappa shape index (κ1) is 21.9. The third-order valence-corrected chi connectivity index (χ3v) is 6.31. The number of phenols is 1. The molecule has 0 bridgehead atoms. The van der Waals surface area contributed by atoms with Crippen molar-refractivity contribution in [3.63, 3.8) is 0 Å². The lowest BCUT2D eigenvalue weighted by Crippen LogP contribution is -2.45. The van der Waals surface area contributed by atoms with Crippen LogP contribution in [-0.4, -0.2) is 26.0 Å². The molecule has 0 aromatic heterocycles. The van der Waals surface area contributed by atoms with Gasteiger partial charge in [0.25, 0.3) is 15.9 Å². The van der Waals surface area contributed by atoms with E-state index in [1.807, 2.05) is 6.92 Å². The number of rotatable bonds is 8. The Morgan fingerprint density at radius 2 is 1.55 bits per heavy atom. The zero-order valence-electron chi connectivity index (χ0n) is 16.9. The Hall–Kier alpha value is -3.78. The van der Waals surface area contributed by atoms with Gasteiger partial charge in [0.15, 0.2) is 0 Å². The molecule has 0 spiro atoms. The lowest BCUT2D eigenvalue weighted by molar-refractivity contribution is -0.120. The van der Waals surface area contributed by atoms with Crippen molar-refractivity contribution in [2.24, 2.45) is 0 Å². The second kappa shape index (κ2) is 9.36. The number of hydrazine groups is 1. The van der Waals surface area contributed by atoms with E-state index in [-0.39, 0.29) is 16.3 Å². The van der Waals surface area contributed by atoms with Crippen LogP contribution in [0.15, 0.2) is 90.3 Å². The maximum Gasteiger partial charge on any atom is 0.264 e. The van der Waals surface area contributed by atoms with Gasteiger partial charge >= 0.3 is 0 Å². The highest BCUT2D eigenvalue weighted by atomic mass is 32.2. The number of aromatic hydroxyl groups is 1. The molecule has 31 heavy (non-hydrogen) atoms. The van der Waals surface area contributed by atoms with Gasteiger partial charge in [0.2, 0.25) is 0 Å². The zero-order valence-corrected chi connectivity index (χ0v) is 17.8. The topological polar surface area (TPSA) is 98.7 Å². The van der Waals surface area contributed by atoms with Gasteiger partial charge in [-0.25, -0.2) is 8.42 Å². The number of anilines is 1. The molecule has 160 valence electrons. The summed E-state index contributed by atoms with van der Waals surface area (Å²) in [5.74, 6) is -0.598. The number of amides is 1. The van der Waals surface area contributed by atoms with E-state index in [4.69, 9.17) is 0 Å². The number of hydrogen-bond acceptors (Lipinski definition) is 5. The number of carbonyl (C=O) groups is 1. The van der Waals surface area contributed by atoms with Crippen LogP contribution in [0.2, 0.25) is 0 Å². The summed E-state index contributed by atoms with van der Waals surface area (Å²) in [5.41, 5.74) is 7.06. The van der Waals surface area contributed by atoms with E-state index < -0.39 is 22.5 Å². The number of aryl methyl sites for hydroxylation is 1. The maximum absolute atomic E-state index is 13.2. The Kier molecular flexibility index (Phi) is 6.61. The molecular formula is C23H23N3O4S. The summed E-state index contributed by atoms with van der Waals surface area (Å²) in [6, 6.07) is 21.3. The molecule has 0 aliphatic rings. The van der Waals surface area contributed by atoms with Gasteiger partial charge in [-0.2, -0.15) is 0 Å². The maximum atomic E-state index is 13.2. The molecule has 0 heterocycles. The standard InChI is InChI=1S/C23H23N3O4S/c1-17-12-14-19(15-13-17)26(31(29,30)20-8-4-3-5-9-20)16-23(28)25-24-18(2)21-10-6-7-11-22(21)27/h3-15,24,27H,2,16H2,1H3,(H,25,28). The van der Waals surface area contributed by atoms with Crippen molar-refractivity contribution >= 4 is 27.3 Å². The van der Waals surface area contributed by atoms with E-state index in [1.54, 1.807) is 60.7 Å². The van der Waals surface area contributed by atoms with Crippen LogP contribution in [0.3, 0.4) is 0 Å². The quantitative estimate of drug-likeness (QED) is 0.470. The molecule has 8 heteroatoms. The number of para-hydroxylation sites is 1. The van der Waals surface area contributed by atoms with Crippen molar-refractivity contribution in [1.29, 1.82) is 0 Å². The third kappa shape index (κ3) is 5.23. The SMILES string of the molecule is C=C(NNC(=O)CN(c1ccc(C)cc1)S(=O)(=O)c1ccccc1)c1ccccc1O. The summed E-state index contributed by atoms with van der Waals surface area (Å²) in [6.45, 7) is 5.22. The van der Waals surface area contributed by atoms with Crippen LogP contribution < -0.4 is 15.2 Å². The Labute approximate surface area is 181 Å². The Morgan fingerprint density at radius 3 is 2.19 bits per heavy atom. The molecule has 3 rings (SSSR count). The molecule has 0 fully saturated rings. The van der Waals surface area contributed by atoms with Crippen molar-refractivity contribution in [2.75, 3.05) is 10.8 Å². The average molecular weight is 438 g/mol. The van der Waals surface area contributed by atoms with E-state index in [2.05, 4.69) is 17.4 Å². The van der Waals surface area contributed by atoms with Crippen LogP contribution in [0.25, 0.3) is 5.70 Å². The normalized spacial score (nSPS) is 10.9. The zero-order chi connectivity index (χ0) is 22.4. The molecule has 3 aromatic rings. The molecule has 0 saturated carbocycles. The van der Waals surface area contributed by atoms with Crippen LogP contribution in [0, 0.1) is 6.92 Å². The Morgan fingerprint density at radius 1 is 0.935 bits per heavy atom. The summed E-state index contributed by atoms with van der Waals surface area (Å²) in [4.78, 5) is 12.7. The largest absolute Gasteiger partial charge is 0.507 e. The lowest BCUT2D eigenvalue weighted by Gasteiger charge is -2.24. The van der Waals surface area contributed by atoms with Crippen molar-refractivity contribution in [2.45, 2.75) is 11.8 Å². The highest BCUT2D eigenvalue weighted by molar-refractivity contribution is 7.92. The predicted octanol–water partition coefficient (Wildman–Crippen LogP) is 3.19. The fraction of sp³-hybridized carbons (Fsp3) is 0.0870. The molecule has 3 N–H and O–H groups in total. The van der Waals surface area contributed by atoms with Gasteiger partial charge in [-0.15, -0.1) is 0 Å². The van der Waals surface area contributed by atoms with Gasteiger partial charge < -0.3 is 5.11 Å². The van der Waals surface area contributed by atoms with Gasteiger partial charge in [-0.3, -0.25) is 20.0 Å². The monoisotopic (exact) mass is 437 g/mol. The van der Waals surface area contributed by atoms with E-state index in [0.717, 1.165) is 9.87 Å². The number of hydrogen-bond donors (Lipinski definition) is 3.